The number of aromatic amines is 1. The average molecular weight is 364 g/mol. The van der Waals surface area contributed by atoms with Gasteiger partial charge in [0.15, 0.2) is 11.5 Å². The third kappa shape index (κ3) is 2.86. The predicted molar refractivity (Wildman–Crippen MR) is 102 cm³/mol. The number of hydrogen-bond donors (Lipinski definition) is 2. The lowest BCUT2D eigenvalue weighted by molar-refractivity contribution is 0.373. The van der Waals surface area contributed by atoms with Gasteiger partial charge in [-0.3, -0.25) is 4.79 Å². The fourth-order valence-corrected chi connectivity index (χ4v) is 2.84. The van der Waals surface area contributed by atoms with Crippen LogP contribution in [0.1, 0.15) is 5.56 Å². The summed E-state index contributed by atoms with van der Waals surface area (Å²) in [7, 11) is 3.05. The van der Waals surface area contributed by atoms with Crippen molar-refractivity contribution >= 4 is 28.2 Å². The van der Waals surface area contributed by atoms with Gasteiger partial charge in [-0.25, -0.2) is 4.98 Å². The molecule has 8 heteroatoms. The Bertz CT molecular complexity index is 1240. The molecular formula is C19H16N4O4. The van der Waals surface area contributed by atoms with Crippen LogP contribution in [-0.4, -0.2) is 40.2 Å². The van der Waals surface area contributed by atoms with Crippen LogP contribution in [0.15, 0.2) is 52.6 Å². The number of fused-ring (bicyclic) bond motifs is 3. The van der Waals surface area contributed by atoms with Gasteiger partial charge in [0.25, 0.3) is 5.56 Å². The quantitative estimate of drug-likeness (QED) is 0.542. The molecule has 0 spiro atoms. The van der Waals surface area contributed by atoms with Crippen molar-refractivity contribution in [2.45, 2.75) is 0 Å². The molecule has 0 aliphatic carbocycles. The van der Waals surface area contributed by atoms with Crippen molar-refractivity contribution in [3.8, 4) is 17.2 Å². The zero-order valence-corrected chi connectivity index (χ0v) is 14.6. The molecule has 2 aromatic heterocycles. The fraction of sp³-hybridized carbons (Fsp3) is 0.105. The number of phenols is 1. The smallest absolute Gasteiger partial charge is 0.298 e. The summed E-state index contributed by atoms with van der Waals surface area (Å²) in [4.78, 5) is 20.2. The Hall–Kier alpha value is -3.81. The first-order valence-corrected chi connectivity index (χ1v) is 8.09. The zero-order valence-electron chi connectivity index (χ0n) is 14.6. The number of H-pyrrole nitrogens is 1. The van der Waals surface area contributed by atoms with Crippen molar-refractivity contribution in [2.75, 3.05) is 14.2 Å². The van der Waals surface area contributed by atoms with Gasteiger partial charge in [-0.15, -0.1) is 0 Å². The SMILES string of the molecule is COc1ccc2c(c1)[nH]c1c(=O)n(N=Cc3ccc(O)c(OC)c3)cnc12. The largest absolute Gasteiger partial charge is 0.504 e. The molecule has 0 amide bonds. The summed E-state index contributed by atoms with van der Waals surface area (Å²) >= 11 is 0. The molecule has 0 bridgehead atoms. The molecule has 8 nitrogen and oxygen atoms in total. The normalized spacial score (nSPS) is 11.5. The standard InChI is InChI=1S/C19H16N4O4/c1-26-12-4-5-13-14(8-12)22-18-17(13)20-10-23(19(18)25)21-9-11-3-6-15(24)16(7-11)27-2/h3-10,22,24H,1-2H3. The number of nitrogens with one attached hydrogen (secondary N) is 1. The minimum absolute atomic E-state index is 0.0309. The third-order valence-electron chi connectivity index (χ3n) is 4.23. The van der Waals surface area contributed by atoms with E-state index >= 15 is 0 Å². The summed E-state index contributed by atoms with van der Waals surface area (Å²) in [6.07, 6.45) is 2.86. The summed E-state index contributed by atoms with van der Waals surface area (Å²) in [6, 6.07) is 10.3. The molecule has 0 atom stereocenters. The lowest BCUT2D eigenvalue weighted by atomic mass is 10.2. The van der Waals surface area contributed by atoms with Crippen LogP contribution in [0.3, 0.4) is 0 Å². The van der Waals surface area contributed by atoms with Gasteiger partial charge in [0.1, 0.15) is 23.1 Å². The topological polar surface area (TPSA) is 102 Å². The summed E-state index contributed by atoms with van der Waals surface area (Å²) in [6.45, 7) is 0. The van der Waals surface area contributed by atoms with Crippen molar-refractivity contribution in [3.63, 3.8) is 0 Å². The van der Waals surface area contributed by atoms with Crippen LogP contribution < -0.4 is 15.0 Å². The van der Waals surface area contributed by atoms with Gasteiger partial charge in [0.2, 0.25) is 0 Å². The minimum Gasteiger partial charge on any atom is -0.504 e. The molecule has 0 unspecified atom stereocenters. The summed E-state index contributed by atoms with van der Waals surface area (Å²) in [5, 5.41) is 14.6. The van der Waals surface area contributed by atoms with Crippen molar-refractivity contribution in [2.24, 2.45) is 5.10 Å². The van der Waals surface area contributed by atoms with E-state index in [1.165, 1.54) is 25.7 Å². The number of methoxy groups -OCH3 is 2. The molecule has 0 fully saturated rings. The average Bonchev–Trinajstić information content (AvgIpc) is 3.07. The molecule has 4 aromatic rings. The monoisotopic (exact) mass is 364 g/mol. The number of phenolic OH excluding ortho intramolecular Hbond substituents is 1. The van der Waals surface area contributed by atoms with E-state index in [2.05, 4.69) is 15.1 Å². The Balaban J connectivity index is 1.77. The van der Waals surface area contributed by atoms with Crippen LogP contribution in [0.4, 0.5) is 0 Å². The molecule has 0 aliphatic rings. The predicted octanol–water partition coefficient (Wildman–Crippen LogP) is 2.48. The van der Waals surface area contributed by atoms with E-state index in [9.17, 15) is 9.90 Å². The van der Waals surface area contributed by atoms with E-state index in [0.717, 1.165) is 15.6 Å². The van der Waals surface area contributed by atoms with Crippen LogP contribution in [-0.2, 0) is 0 Å². The third-order valence-corrected chi connectivity index (χ3v) is 4.23. The lowest BCUT2D eigenvalue weighted by Crippen LogP contribution is -2.17. The van der Waals surface area contributed by atoms with Crippen LogP contribution in [0, 0.1) is 0 Å². The Morgan fingerprint density at radius 1 is 1.19 bits per heavy atom. The van der Waals surface area contributed by atoms with Crippen LogP contribution in [0.25, 0.3) is 21.9 Å². The number of nitrogens with zero attached hydrogens (tertiary/aromatic N) is 3. The van der Waals surface area contributed by atoms with Gasteiger partial charge in [-0.1, -0.05) is 0 Å². The second-order valence-corrected chi connectivity index (χ2v) is 5.83. The zero-order chi connectivity index (χ0) is 19.0. The second-order valence-electron chi connectivity index (χ2n) is 5.83. The van der Waals surface area contributed by atoms with Gasteiger partial charge >= 0.3 is 0 Å². The van der Waals surface area contributed by atoms with Crippen molar-refractivity contribution in [1.29, 1.82) is 0 Å². The molecule has 27 heavy (non-hydrogen) atoms. The van der Waals surface area contributed by atoms with Crippen LogP contribution in [0.5, 0.6) is 17.2 Å². The molecule has 2 N–H and O–H groups in total. The Labute approximate surface area is 153 Å². The Kier molecular flexibility index (Phi) is 4.00. The summed E-state index contributed by atoms with van der Waals surface area (Å²) in [5.74, 6) is 1.04. The van der Waals surface area contributed by atoms with Gasteiger partial charge < -0.3 is 19.6 Å². The molecule has 2 heterocycles. The Morgan fingerprint density at radius 3 is 2.81 bits per heavy atom. The maximum Gasteiger partial charge on any atom is 0.298 e. The molecule has 4 rings (SSSR count). The van der Waals surface area contributed by atoms with E-state index in [0.29, 0.717) is 28.1 Å². The number of aromatic nitrogens is 3. The second kappa shape index (κ2) is 6.49. The molecular weight excluding hydrogens is 348 g/mol. The first-order chi connectivity index (χ1) is 13.1. The highest BCUT2D eigenvalue weighted by atomic mass is 16.5. The minimum atomic E-state index is -0.322. The van der Waals surface area contributed by atoms with E-state index in [1.54, 1.807) is 19.2 Å². The van der Waals surface area contributed by atoms with Gasteiger partial charge in [0, 0.05) is 11.5 Å². The molecule has 136 valence electrons. The molecule has 0 aliphatic heterocycles. The molecule has 0 radical (unpaired) electrons. The highest BCUT2D eigenvalue weighted by Crippen LogP contribution is 2.26. The number of hydrogen-bond acceptors (Lipinski definition) is 6. The number of rotatable bonds is 4. The maximum atomic E-state index is 12.7. The van der Waals surface area contributed by atoms with Gasteiger partial charge in [-0.05, 0) is 35.9 Å². The first-order valence-electron chi connectivity index (χ1n) is 8.09. The molecule has 2 aromatic carbocycles. The van der Waals surface area contributed by atoms with Gasteiger partial charge in [0.05, 0.1) is 26.0 Å². The van der Waals surface area contributed by atoms with E-state index < -0.39 is 0 Å². The maximum absolute atomic E-state index is 12.7. The van der Waals surface area contributed by atoms with Crippen LogP contribution >= 0.6 is 0 Å². The molecule has 0 saturated carbocycles. The molecule has 0 saturated heterocycles. The Morgan fingerprint density at radius 2 is 2.04 bits per heavy atom. The van der Waals surface area contributed by atoms with Crippen LogP contribution in [0.2, 0.25) is 0 Å². The summed E-state index contributed by atoms with van der Waals surface area (Å²) < 4.78 is 11.4. The lowest BCUT2D eigenvalue weighted by Gasteiger charge is -2.03. The number of benzene rings is 2. The highest BCUT2D eigenvalue weighted by Gasteiger charge is 2.11. The van der Waals surface area contributed by atoms with E-state index in [4.69, 9.17) is 9.47 Å². The van der Waals surface area contributed by atoms with E-state index in [1.807, 2.05) is 18.2 Å². The summed E-state index contributed by atoms with van der Waals surface area (Å²) in [5.41, 5.74) is 2.05. The van der Waals surface area contributed by atoms with Gasteiger partial charge in [-0.2, -0.15) is 9.78 Å². The van der Waals surface area contributed by atoms with Crippen molar-refractivity contribution in [3.05, 3.63) is 58.6 Å². The fourth-order valence-electron chi connectivity index (χ4n) is 2.84. The highest BCUT2D eigenvalue weighted by molar-refractivity contribution is 6.04. The van der Waals surface area contributed by atoms with Crippen molar-refractivity contribution in [1.82, 2.24) is 14.6 Å². The number of ether oxygens (including phenoxy) is 2. The van der Waals surface area contributed by atoms with E-state index in [-0.39, 0.29) is 11.3 Å². The van der Waals surface area contributed by atoms with Crippen molar-refractivity contribution < 1.29 is 14.6 Å². The number of aromatic hydroxyl groups is 1. The first kappa shape index (κ1) is 16.6.